The van der Waals surface area contributed by atoms with Crippen LogP contribution in [-0.2, 0) is 10.9 Å². The van der Waals surface area contributed by atoms with Crippen molar-refractivity contribution in [2.24, 2.45) is 5.41 Å². The molecule has 0 bridgehead atoms. The number of alkyl halides is 3. The van der Waals surface area contributed by atoms with E-state index >= 15 is 0 Å². The molecular formula is C30H38F3N3O. The average molecular weight is 514 g/mol. The van der Waals surface area contributed by atoms with Crippen LogP contribution in [0.3, 0.4) is 0 Å². The molecule has 0 saturated carbocycles. The zero-order valence-electron chi connectivity index (χ0n) is 22.6. The second kappa shape index (κ2) is 10.5. The number of allylic oxidation sites excluding steroid dienone is 5. The zero-order valence-corrected chi connectivity index (χ0v) is 22.6. The van der Waals surface area contributed by atoms with Gasteiger partial charge in [0.25, 0.3) is 0 Å². The lowest BCUT2D eigenvalue weighted by molar-refractivity contribution is -0.137. The first-order chi connectivity index (χ1) is 17.4. The van der Waals surface area contributed by atoms with Gasteiger partial charge in [-0.2, -0.15) is 18.3 Å². The predicted octanol–water partition coefficient (Wildman–Crippen LogP) is 8.28. The quantitative estimate of drug-likeness (QED) is 0.392. The Bertz CT molecular complexity index is 1210. The highest BCUT2D eigenvalue weighted by Crippen LogP contribution is 2.52. The lowest BCUT2D eigenvalue weighted by atomic mass is 9.66. The molecule has 1 aliphatic heterocycles. The van der Waals surface area contributed by atoms with Crippen LogP contribution in [0.15, 0.2) is 64.7 Å². The van der Waals surface area contributed by atoms with Crippen molar-refractivity contribution >= 4 is 0 Å². The Balaban J connectivity index is 1.87. The number of nitrogens with zero attached hydrogens (tertiary/aromatic N) is 1. The monoisotopic (exact) mass is 513 g/mol. The van der Waals surface area contributed by atoms with E-state index in [-0.39, 0.29) is 17.4 Å². The molecule has 200 valence electrons. The molecule has 4 nitrogen and oxygen atoms in total. The van der Waals surface area contributed by atoms with Gasteiger partial charge in [0, 0.05) is 22.9 Å². The highest BCUT2D eigenvalue weighted by Gasteiger charge is 2.40. The largest absolute Gasteiger partial charge is 0.416 e. The maximum absolute atomic E-state index is 13.2. The summed E-state index contributed by atoms with van der Waals surface area (Å²) in [7, 11) is 0. The van der Waals surface area contributed by atoms with Gasteiger partial charge in [0.2, 0.25) is 0 Å². The first-order valence-electron chi connectivity index (χ1n) is 13.1. The summed E-state index contributed by atoms with van der Waals surface area (Å²) < 4.78 is 45.8. The Kier molecular flexibility index (Phi) is 7.75. The second-order valence-corrected chi connectivity index (χ2v) is 11.3. The first-order valence-corrected chi connectivity index (χ1v) is 13.1. The molecule has 37 heavy (non-hydrogen) atoms. The van der Waals surface area contributed by atoms with Gasteiger partial charge < -0.3 is 10.1 Å². The Morgan fingerprint density at radius 1 is 1.16 bits per heavy atom. The number of benzene rings is 1. The van der Waals surface area contributed by atoms with Crippen LogP contribution in [0.2, 0.25) is 0 Å². The molecule has 2 aliphatic rings. The smallest absolute Gasteiger partial charge is 0.374 e. The van der Waals surface area contributed by atoms with E-state index in [0.717, 1.165) is 60.3 Å². The van der Waals surface area contributed by atoms with Gasteiger partial charge in [-0.1, -0.05) is 45.4 Å². The second-order valence-electron chi connectivity index (χ2n) is 11.3. The molecule has 2 N–H and O–H groups in total. The molecule has 1 aliphatic carbocycles. The van der Waals surface area contributed by atoms with E-state index in [1.807, 2.05) is 20.0 Å². The van der Waals surface area contributed by atoms with Crippen molar-refractivity contribution in [3.8, 4) is 11.3 Å². The maximum Gasteiger partial charge on any atom is 0.416 e. The first kappa shape index (κ1) is 27.2. The Morgan fingerprint density at radius 3 is 2.49 bits per heavy atom. The van der Waals surface area contributed by atoms with Crippen molar-refractivity contribution < 1.29 is 17.9 Å². The fourth-order valence-electron chi connectivity index (χ4n) is 5.47. The number of aromatic amines is 1. The average Bonchev–Trinajstić information content (AvgIpc) is 3.29. The standard InChI is InChI=1S/C30H38F3N3O/c1-7-8-9-21-14-29(5,6)15-25-26(21)27(24(19(4)35-25)17-37-18(2)3)23-16-34-36-28(23)20-10-12-22(13-11-20)30(31,32)33/h9-13,16,18,27,35H,7-8,14-15,17H2,1-6H3,(H,34,36). The van der Waals surface area contributed by atoms with Gasteiger partial charge in [-0.3, -0.25) is 5.10 Å². The van der Waals surface area contributed by atoms with Crippen LogP contribution in [-0.4, -0.2) is 22.9 Å². The number of rotatable bonds is 7. The molecule has 1 unspecified atom stereocenters. The van der Waals surface area contributed by atoms with E-state index in [2.05, 4.69) is 49.3 Å². The van der Waals surface area contributed by atoms with Gasteiger partial charge in [-0.05, 0) is 79.9 Å². The third-order valence-electron chi connectivity index (χ3n) is 7.18. The topological polar surface area (TPSA) is 49.9 Å². The fourth-order valence-corrected chi connectivity index (χ4v) is 5.47. The SMILES string of the molecule is CCCC=C1CC(C)(C)CC2=C1C(c1cn[nH]c1-c1ccc(C(F)(F)F)cc1)C(COC(C)C)=C(C)N2. The van der Waals surface area contributed by atoms with Crippen LogP contribution in [0.5, 0.6) is 0 Å². The van der Waals surface area contributed by atoms with Crippen molar-refractivity contribution in [3.05, 3.63) is 75.8 Å². The van der Waals surface area contributed by atoms with Gasteiger partial charge in [0.15, 0.2) is 0 Å². The predicted molar refractivity (Wildman–Crippen MR) is 142 cm³/mol. The molecule has 1 atom stereocenters. The summed E-state index contributed by atoms with van der Waals surface area (Å²) in [6.45, 7) is 13.4. The number of nitrogens with one attached hydrogen (secondary N) is 2. The maximum atomic E-state index is 13.2. The van der Waals surface area contributed by atoms with E-state index in [1.54, 1.807) is 0 Å². The molecule has 1 aromatic heterocycles. The summed E-state index contributed by atoms with van der Waals surface area (Å²) >= 11 is 0. The van der Waals surface area contributed by atoms with E-state index < -0.39 is 11.7 Å². The van der Waals surface area contributed by atoms with Crippen LogP contribution >= 0.6 is 0 Å². The number of halogens is 3. The number of unbranched alkanes of at least 4 members (excludes halogenated alkanes) is 1. The number of aromatic nitrogens is 2. The van der Waals surface area contributed by atoms with Crippen LogP contribution in [0.1, 0.15) is 84.3 Å². The lowest BCUT2D eigenvalue weighted by Gasteiger charge is -2.42. The van der Waals surface area contributed by atoms with E-state index in [9.17, 15) is 13.2 Å². The van der Waals surface area contributed by atoms with E-state index in [4.69, 9.17) is 4.74 Å². The molecule has 7 heteroatoms. The minimum absolute atomic E-state index is 0.0652. The molecule has 2 heterocycles. The summed E-state index contributed by atoms with van der Waals surface area (Å²) in [4.78, 5) is 0. The van der Waals surface area contributed by atoms with Gasteiger partial charge in [-0.25, -0.2) is 0 Å². The number of hydrogen-bond donors (Lipinski definition) is 2. The molecule has 0 amide bonds. The fraction of sp³-hybridized carbons (Fsp3) is 0.500. The van der Waals surface area contributed by atoms with Crippen LogP contribution < -0.4 is 5.32 Å². The van der Waals surface area contributed by atoms with E-state index in [1.165, 1.54) is 29.0 Å². The summed E-state index contributed by atoms with van der Waals surface area (Å²) in [6, 6.07) is 5.31. The lowest BCUT2D eigenvalue weighted by Crippen LogP contribution is -2.35. The molecule has 0 saturated heterocycles. The van der Waals surface area contributed by atoms with Crippen molar-refractivity contribution in [3.63, 3.8) is 0 Å². The summed E-state index contributed by atoms with van der Waals surface area (Å²) in [5.41, 5.74) is 7.84. The third-order valence-corrected chi connectivity index (χ3v) is 7.18. The number of H-pyrrole nitrogens is 1. The molecule has 0 spiro atoms. The van der Waals surface area contributed by atoms with Crippen molar-refractivity contribution in [1.82, 2.24) is 15.5 Å². The van der Waals surface area contributed by atoms with Gasteiger partial charge in [0.05, 0.1) is 30.2 Å². The summed E-state index contributed by atoms with van der Waals surface area (Å²) in [5.74, 6) is -0.106. The summed E-state index contributed by atoms with van der Waals surface area (Å²) in [6.07, 6.45) is 3.82. The molecular weight excluding hydrogens is 475 g/mol. The highest BCUT2D eigenvalue weighted by atomic mass is 19.4. The van der Waals surface area contributed by atoms with Crippen molar-refractivity contribution in [1.29, 1.82) is 0 Å². The highest BCUT2D eigenvalue weighted by molar-refractivity contribution is 5.68. The Hall–Kier alpha value is -2.80. The number of ether oxygens (including phenoxy) is 1. The summed E-state index contributed by atoms with van der Waals surface area (Å²) in [5, 5.41) is 11.2. The third kappa shape index (κ3) is 5.87. The van der Waals surface area contributed by atoms with Crippen LogP contribution in [0.25, 0.3) is 11.3 Å². The van der Waals surface area contributed by atoms with Gasteiger partial charge in [0.1, 0.15) is 0 Å². The van der Waals surface area contributed by atoms with E-state index in [0.29, 0.717) is 12.2 Å². The van der Waals surface area contributed by atoms with Crippen molar-refractivity contribution in [2.45, 2.75) is 85.4 Å². The van der Waals surface area contributed by atoms with Gasteiger partial charge >= 0.3 is 6.18 Å². The normalized spacial score (nSPS) is 21.0. The Labute approximate surface area is 218 Å². The van der Waals surface area contributed by atoms with Gasteiger partial charge in [-0.15, -0.1) is 0 Å². The molecule has 2 aromatic rings. The molecule has 0 radical (unpaired) electrons. The molecule has 4 rings (SSSR count). The minimum Gasteiger partial charge on any atom is -0.374 e. The molecule has 0 fully saturated rings. The minimum atomic E-state index is -4.38. The number of hydrogen-bond acceptors (Lipinski definition) is 3. The Morgan fingerprint density at radius 2 is 1.86 bits per heavy atom. The van der Waals surface area contributed by atoms with Crippen LogP contribution in [0.4, 0.5) is 13.2 Å². The van der Waals surface area contributed by atoms with Crippen LogP contribution in [0, 0.1) is 5.41 Å². The van der Waals surface area contributed by atoms with Crippen molar-refractivity contribution in [2.75, 3.05) is 6.61 Å². The molecule has 1 aromatic carbocycles. The zero-order chi connectivity index (χ0) is 27.0. The number of dihydropyridines is 1.